The number of fused-ring (bicyclic) bond motifs is 2. The predicted octanol–water partition coefficient (Wildman–Crippen LogP) is 18.6. The Kier molecular flexibility index (Phi) is 28.8. The van der Waals surface area contributed by atoms with Crippen molar-refractivity contribution in [1.82, 2.24) is 9.97 Å². The Labute approximate surface area is 537 Å². The van der Waals surface area contributed by atoms with Crippen LogP contribution < -0.4 is 0 Å². The average Bonchev–Trinajstić information content (AvgIpc) is 2.84. The standard InChI is InChI=1S/2C29H28ClNO.C14H26O5S2.C2H6/c2*1-29(2,32)27-12-4-3-10-23(27)11-6-9-21-7-5-8-22(19-21)13-17-26-18-15-24-14-16-25(30)20-28(24)31-26;1-3-13(9-20,5-11(15)16)7-19-8-14(4-2,10-21)6-12(17)18;1-2/h2*3-5,7-8,10,12-20,32H,6,9,11H2,1-2H3;20-21H,3-10H2,1-2H3,(H,15,16)(H,17,18);1-2H3/b2*17-13+;;. The van der Waals surface area contributed by atoms with E-state index in [0.29, 0.717) is 34.4 Å². The van der Waals surface area contributed by atoms with Gasteiger partial charge in [-0.1, -0.05) is 184 Å². The SMILES string of the molecule is CC.CC(C)(O)c1ccccc1CCCc1cccc(/C=C/c2ccc3ccc(Cl)cc3n2)c1.CC(C)(O)c1ccccc1CCCc1cccc(/C=C/c2ccc3ccc(Cl)cc3n2)c1.CCC(CS)(COCC(CC)(CS)CC(=O)O)CC(=O)O. The van der Waals surface area contributed by atoms with Crippen LogP contribution in [-0.4, -0.2) is 67.1 Å². The van der Waals surface area contributed by atoms with Crippen molar-refractivity contribution in [2.24, 2.45) is 10.8 Å². The Balaban J connectivity index is 0.000000241. The normalized spacial score (nSPS) is 13.0. The highest BCUT2D eigenvalue weighted by Crippen LogP contribution is 2.33. The minimum absolute atomic E-state index is 0.00801. The Hall–Kier alpha value is -6.28. The molecular weight excluding hydrogens is 1160 g/mol. The predicted molar refractivity (Wildman–Crippen MR) is 371 cm³/mol. The molecule has 0 spiro atoms. The van der Waals surface area contributed by atoms with E-state index < -0.39 is 34.0 Å². The van der Waals surface area contributed by atoms with Crippen molar-refractivity contribution < 1.29 is 34.8 Å². The summed E-state index contributed by atoms with van der Waals surface area (Å²) in [5, 5.41) is 42.4. The number of benzene rings is 6. The molecule has 2 aromatic heterocycles. The highest BCUT2D eigenvalue weighted by Gasteiger charge is 2.34. The number of pyridine rings is 2. The number of ether oxygens (including phenoxy) is 1. The van der Waals surface area contributed by atoms with Crippen molar-refractivity contribution in [3.05, 3.63) is 224 Å². The molecule has 0 aliphatic carbocycles. The van der Waals surface area contributed by atoms with Gasteiger partial charge in [-0.25, -0.2) is 9.97 Å². The van der Waals surface area contributed by atoms with Gasteiger partial charge in [-0.15, -0.1) is 0 Å². The van der Waals surface area contributed by atoms with E-state index in [1.807, 2.05) is 152 Å². The Morgan fingerprint density at radius 1 is 0.506 bits per heavy atom. The van der Waals surface area contributed by atoms with Crippen LogP contribution in [0.1, 0.15) is 150 Å². The fourth-order valence-corrected chi connectivity index (χ4v) is 11.4. The molecule has 0 aliphatic rings. The molecule has 13 heteroatoms. The maximum absolute atomic E-state index is 11.0. The zero-order valence-corrected chi connectivity index (χ0v) is 55.1. The number of aliphatic hydroxyl groups is 2. The fraction of sp³-hybridized carbons (Fsp3) is 0.351. The molecule has 8 rings (SSSR count). The molecule has 87 heavy (non-hydrogen) atoms. The van der Waals surface area contributed by atoms with Gasteiger partial charge in [0.05, 0.1) is 59.7 Å². The first-order valence-electron chi connectivity index (χ1n) is 30.1. The lowest BCUT2D eigenvalue weighted by molar-refractivity contribution is -0.141. The molecule has 0 saturated heterocycles. The molecular formula is C74H88Cl2N2O7S2. The Morgan fingerprint density at radius 3 is 1.24 bits per heavy atom. The average molecular weight is 1250 g/mol. The first-order valence-corrected chi connectivity index (χ1v) is 32.1. The number of hydrogen-bond acceptors (Lipinski definition) is 9. The van der Waals surface area contributed by atoms with Crippen LogP contribution >= 0.6 is 48.5 Å². The van der Waals surface area contributed by atoms with Crippen molar-refractivity contribution in [2.75, 3.05) is 24.7 Å². The van der Waals surface area contributed by atoms with Crippen LogP contribution in [0.4, 0.5) is 0 Å². The summed E-state index contributed by atoms with van der Waals surface area (Å²) >= 11 is 20.7. The van der Waals surface area contributed by atoms with Gasteiger partial charge in [0.1, 0.15) is 0 Å². The number of carboxylic acids is 2. The van der Waals surface area contributed by atoms with Gasteiger partial charge in [-0.2, -0.15) is 25.3 Å². The summed E-state index contributed by atoms with van der Waals surface area (Å²) in [4.78, 5) is 31.3. The highest BCUT2D eigenvalue weighted by molar-refractivity contribution is 7.80. The molecule has 0 saturated carbocycles. The first-order chi connectivity index (χ1) is 41.5. The molecule has 2 atom stereocenters. The summed E-state index contributed by atoms with van der Waals surface area (Å²) in [6.45, 7) is 15.7. The molecule has 0 radical (unpaired) electrons. The molecule has 4 N–H and O–H groups in total. The van der Waals surface area contributed by atoms with E-state index in [2.05, 4.69) is 110 Å². The van der Waals surface area contributed by atoms with E-state index >= 15 is 0 Å². The van der Waals surface area contributed by atoms with Gasteiger partial charge in [0.15, 0.2) is 0 Å². The number of carboxylic acid groups (broad SMARTS) is 2. The number of aromatic nitrogens is 2. The number of aryl methyl sites for hydroxylation is 4. The number of aliphatic carboxylic acids is 2. The van der Waals surface area contributed by atoms with Gasteiger partial charge in [-0.05, 0) is 184 Å². The van der Waals surface area contributed by atoms with E-state index in [1.54, 1.807) is 0 Å². The van der Waals surface area contributed by atoms with Crippen LogP contribution in [0.3, 0.4) is 0 Å². The van der Waals surface area contributed by atoms with Crippen molar-refractivity contribution in [1.29, 1.82) is 0 Å². The summed E-state index contributed by atoms with van der Waals surface area (Å²) in [6, 6.07) is 53.3. The highest BCUT2D eigenvalue weighted by atomic mass is 35.5. The minimum atomic E-state index is -0.879. The monoisotopic (exact) mass is 1250 g/mol. The molecule has 2 unspecified atom stereocenters. The van der Waals surface area contributed by atoms with E-state index in [4.69, 9.17) is 48.1 Å². The van der Waals surface area contributed by atoms with Gasteiger partial charge in [0, 0.05) is 31.6 Å². The van der Waals surface area contributed by atoms with E-state index in [0.717, 1.165) is 94.0 Å². The van der Waals surface area contributed by atoms with Crippen molar-refractivity contribution >= 4 is 107 Å². The van der Waals surface area contributed by atoms with Gasteiger partial charge < -0.3 is 25.2 Å². The number of rotatable bonds is 26. The van der Waals surface area contributed by atoms with Gasteiger partial charge in [0.2, 0.25) is 0 Å². The number of hydrogen-bond donors (Lipinski definition) is 6. The molecule has 462 valence electrons. The number of halogens is 2. The van der Waals surface area contributed by atoms with Crippen LogP contribution in [-0.2, 0) is 51.2 Å². The summed E-state index contributed by atoms with van der Waals surface area (Å²) < 4.78 is 5.71. The van der Waals surface area contributed by atoms with Crippen molar-refractivity contribution in [3.63, 3.8) is 0 Å². The minimum Gasteiger partial charge on any atom is -0.481 e. The quantitative estimate of drug-likeness (QED) is 0.0291. The van der Waals surface area contributed by atoms with Crippen molar-refractivity contribution in [3.8, 4) is 0 Å². The van der Waals surface area contributed by atoms with Crippen molar-refractivity contribution in [2.45, 2.75) is 131 Å². The second kappa shape index (κ2) is 35.1. The molecule has 2 heterocycles. The third-order valence-corrected chi connectivity index (χ3v) is 17.2. The van der Waals surface area contributed by atoms with Gasteiger partial charge in [-0.3, -0.25) is 9.59 Å². The number of carbonyl (C=O) groups is 2. The zero-order valence-electron chi connectivity index (χ0n) is 51.8. The zero-order chi connectivity index (χ0) is 63.6. The summed E-state index contributed by atoms with van der Waals surface area (Å²) in [5.41, 5.74) is 10.4. The lowest BCUT2D eigenvalue weighted by Gasteiger charge is -2.33. The second-order valence-corrected chi connectivity index (χ2v) is 24.6. The third kappa shape index (κ3) is 23.3. The maximum atomic E-state index is 11.0. The van der Waals surface area contributed by atoms with E-state index in [9.17, 15) is 19.8 Å². The fourth-order valence-electron chi connectivity index (χ4n) is 10.2. The van der Waals surface area contributed by atoms with Crippen LogP contribution in [0.2, 0.25) is 10.0 Å². The first kappa shape index (κ1) is 71.5. The van der Waals surface area contributed by atoms with Crippen LogP contribution in [0.5, 0.6) is 0 Å². The lowest BCUT2D eigenvalue weighted by Crippen LogP contribution is -2.36. The van der Waals surface area contributed by atoms with Crippen LogP contribution in [0.25, 0.3) is 46.1 Å². The molecule has 0 bridgehead atoms. The molecule has 9 nitrogen and oxygen atoms in total. The molecule has 0 aliphatic heterocycles. The Bertz CT molecular complexity index is 3300. The smallest absolute Gasteiger partial charge is 0.304 e. The van der Waals surface area contributed by atoms with Gasteiger partial charge in [0.25, 0.3) is 0 Å². The summed E-state index contributed by atoms with van der Waals surface area (Å²) in [7, 11) is 0. The maximum Gasteiger partial charge on any atom is 0.304 e. The summed E-state index contributed by atoms with van der Waals surface area (Å²) in [5.74, 6) is -0.935. The molecule has 6 aromatic carbocycles. The largest absolute Gasteiger partial charge is 0.481 e. The molecule has 0 fully saturated rings. The topological polar surface area (TPSA) is 150 Å². The van der Waals surface area contributed by atoms with E-state index in [-0.39, 0.29) is 26.1 Å². The third-order valence-electron chi connectivity index (χ3n) is 15.4. The molecule has 0 amide bonds. The van der Waals surface area contributed by atoms with Crippen LogP contribution in [0.15, 0.2) is 158 Å². The van der Waals surface area contributed by atoms with Gasteiger partial charge >= 0.3 is 11.9 Å². The van der Waals surface area contributed by atoms with E-state index in [1.165, 1.54) is 22.3 Å². The number of nitrogens with zero attached hydrogens (tertiary/aromatic N) is 2. The molecule has 8 aromatic rings. The second-order valence-electron chi connectivity index (χ2n) is 23.1. The summed E-state index contributed by atoms with van der Waals surface area (Å²) in [6.07, 6.45) is 15.5. The number of thiol groups is 2. The Morgan fingerprint density at radius 2 is 0.885 bits per heavy atom. The van der Waals surface area contributed by atoms with Crippen LogP contribution in [0, 0.1) is 10.8 Å². The lowest BCUT2D eigenvalue weighted by atomic mass is 9.83.